The average molecular weight is 259 g/mol. The smallest absolute Gasteiger partial charge is 1.00 e. The first-order chi connectivity index (χ1) is 1.73. The van der Waals surface area contributed by atoms with E-state index in [-0.39, 0.29) is 74.5 Å². The first-order valence-electron chi connectivity index (χ1n) is 0.651. The zero-order chi connectivity index (χ0) is 3.58. The van der Waals surface area contributed by atoms with Gasteiger partial charge >= 0.3 is 54.7 Å². The van der Waals surface area contributed by atoms with Crippen molar-refractivity contribution in [3.05, 3.63) is 0 Å². The van der Waals surface area contributed by atoms with E-state index in [1.165, 1.54) is 0 Å². The zero-order valence-electron chi connectivity index (χ0n) is 5.01. The normalized spacial score (nSPS) is 4.00. The van der Waals surface area contributed by atoms with Crippen molar-refractivity contribution in [2.24, 2.45) is 0 Å². The Morgan fingerprint density at radius 3 is 1.50 bits per heavy atom. The van der Waals surface area contributed by atoms with Crippen LogP contribution in [0.15, 0.2) is 0 Å². The fourth-order valence-electron chi connectivity index (χ4n) is 0. The summed E-state index contributed by atoms with van der Waals surface area (Å²) in [6.07, 6.45) is 0. The fourth-order valence-corrected chi connectivity index (χ4v) is 0. The third-order valence-electron chi connectivity index (χ3n) is 0. The Hall–Kier alpha value is 1.98. The minimum absolute atomic E-state index is 0. The van der Waals surface area contributed by atoms with E-state index < -0.39 is 9.17 Å². The molecule has 0 aliphatic heterocycles. The van der Waals surface area contributed by atoms with Crippen LogP contribution in [0, 0.1) is 0 Å². The van der Waals surface area contributed by atoms with E-state index in [0.717, 1.165) is 0 Å². The largest absolute Gasteiger partial charge is 2.00 e. The Kier molecular flexibility index (Phi) is 26.3. The third kappa shape index (κ3) is 37.8. The first kappa shape index (κ1) is 15.7. The van der Waals surface area contributed by atoms with Gasteiger partial charge in [-0.25, -0.2) is 0 Å². The molecule has 0 heterocycles. The van der Waals surface area contributed by atoms with Gasteiger partial charge in [-0.3, -0.25) is 4.46 Å². The molecule has 0 saturated carbocycles. The summed E-state index contributed by atoms with van der Waals surface area (Å²) in [6, 6.07) is 0. The Bertz CT molecular complexity index is 40.3. The Balaban J connectivity index is -0.00000000750. The molecule has 0 aliphatic rings. The van der Waals surface area contributed by atoms with Gasteiger partial charge in [0.15, 0.2) is 0 Å². The SMILES string of the molecule is O=[Si](O)O.[H-].[H-].[Sr+2].[Zr]. The Morgan fingerprint density at radius 1 is 1.50 bits per heavy atom. The summed E-state index contributed by atoms with van der Waals surface area (Å²) < 4.78 is 8.74. The number of hydrogen-bond donors (Lipinski definition) is 2. The summed E-state index contributed by atoms with van der Waals surface area (Å²) in [5.74, 6) is 0. The monoisotopic (exact) mass is 258 g/mol. The van der Waals surface area contributed by atoms with Crippen LogP contribution in [0.3, 0.4) is 0 Å². The molecule has 0 aromatic rings. The molecule has 0 atom stereocenters. The van der Waals surface area contributed by atoms with Gasteiger partial charge in [0.05, 0.1) is 0 Å². The molecule has 0 saturated heterocycles. The summed E-state index contributed by atoms with van der Waals surface area (Å²) in [6.45, 7) is 0. The van der Waals surface area contributed by atoms with Gasteiger partial charge in [0.1, 0.15) is 0 Å². The van der Waals surface area contributed by atoms with E-state index in [4.69, 9.17) is 14.1 Å². The van der Waals surface area contributed by atoms with E-state index in [9.17, 15) is 0 Å². The molecule has 0 aliphatic carbocycles. The fraction of sp³-hybridized carbons (Fsp3) is 0. The molecule has 0 spiro atoms. The van der Waals surface area contributed by atoms with Gasteiger partial charge in [-0.1, -0.05) is 0 Å². The van der Waals surface area contributed by atoms with Crippen LogP contribution in [0.2, 0.25) is 0 Å². The summed E-state index contributed by atoms with van der Waals surface area (Å²) in [4.78, 5) is 14.3. The van der Waals surface area contributed by atoms with Crippen molar-refractivity contribution in [2.45, 2.75) is 0 Å². The quantitative estimate of drug-likeness (QED) is 0.506. The van der Waals surface area contributed by atoms with E-state index >= 15 is 0 Å². The summed E-state index contributed by atoms with van der Waals surface area (Å²) in [5, 5.41) is 0. The molecule has 3 nitrogen and oxygen atoms in total. The van der Waals surface area contributed by atoms with Crippen LogP contribution in [0.25, 0.3) is 0 Å². The first-order valence-corrected chi connectivity index (χ1v) is 1.95. The van der Waals surface area contributed by atoms with Crippen LogP contribution in [0.4, 0.5) is 0 Å². The number of hydrogen-bond acceptors (Lipinski definition) is 1. The van der Waals surface area contributed by atoms with Gasteiger partial charge in [0.25, 0.3) is 0 Å². The maximum absolute atomic E-state index is 8.74. The molecule has 6 heavy (non-hydrogen) atoms. The van der Waals surface area contributed by atoms with Crippen molar-refractivity contribution < 1.29 is 43.1 Å². The standard InChI is InChI=1S/H2O3Si.Sr.Zr.2H/c1-4(2)3;;;;/h1-2H;;;;/q;+2;;2*-1. The van der Waals surface area contributed by atoms with Crippen molar-refractivity contribution in [1.29, 1.82) is 0 Å². The van der Waals surface area contributed by atoms with Crippen molar-refractivity contribution in [3.63, 3.8) is 0 Å². The average Bonchev–Trinajstić information content (AvgIpc) is 0.811. The molecule has 0 rings (SSSR count). The number of rotatable bonds is 0. The molecule has 0 fully saturated rings. The molecular formula is H4O3SiSrZr. The molecule has 32 valence electrons. The van der Waals surface area contributed by atoms with Crippen LogP contribution in [-0.4, -0.2) is 64.2 Å². The topological polar surface area (TPSA) is 57.5 Å². The molecule has 0 aromatic heterocycles. The third-order valence-corrected chi connectivity index (χ3v) is 0. The molecular weight excluding hydrogens is 255 g/mol. The van der Waals surface area contributed by atoms with Gasteiger partial charge in [0.2, 0.25) is 0 Å². The summed E-state index contributed by atoms with van der Waals surface area (Å²) in [7, 11) is -3.13. The second-order valence-electron chi connectivity index (χ2n) is 0.283. The van der Waals surface area contributed by atoms with Crippen LogP contribution in [-0.2, 0) is 30.7 Å². The van der Waals surface area contributed by atoms with E-state index in [1.807, 2.05) is 0 Å². The molecule has 0 aromatic carbocycles. The summed E-state index contributed by atoms with van der Waals surface area (Å²) >= 11 is 0. The second-order valence-corrected chi connectivity index (χ2v) is 0.848. The van der Waals surface area contributed by atoms with Crippen molar-refractivity contribution in [2.75, 3.05) is 0 Å². The molecule has 2 N–H and O–H groups in total. The predicted octanol–water partition coefficient (Wildman–Crippen LogP) is -1.77. The summed E-state index contributed by atoms with van der Waals surface area (Å²) in [5.41, 5.74) is 0. The van der Waals surface area contributed by atoms with Crippen molar-refractivity contribution >= 4 is 54.7 Å². The van der Waals surface area contributed by atoms with Crippen molar-refractivity contribution in [1.82, 2.24) is 0 Å². The van der Waals surface area contributed by atoms with Crippen LogP contribution >= 0.6 is 0 Å². The molecule has 0 bridgehead atoms. The molecule has 6 heteroatoms. The predicted molar refractivity (Wildman–Crippen MR) is 18.9 cm³/mol. The van der Waals surface area contributed by atoms with Crippen LogP contribution < -0.4 is 0 Å². The minimum atomic E-state index is -3.13. The van der Waals surface area contributed by atoms with E-state index in [2.05, 4.69) is 0 Å². The van der Waals surface area contributed by atoms with Gasteiger partial charge in [0, 0.05) is 26.2 Å². The molecule has 0 unspecified atom stereocenters. The second kappa shape index (κ2) is 10.1. The molecule has 0 radical (unpaired) electrons. The zero-order valence-corrected chi connectivity index (χ0v) is 9.94. The van der Waals surface area contributed by atoms with Gasteiger partial charge < -0.3 is 12.4 Å². The Labute approximate surface area is 96.0 Å². The van der Waals surface area contributed by atoms with Crippen LogP contribution in [0.1, 0.15) is 2.85 Å². The maximum atomic E-state index is 8.74. The van der Waals surface area contributed by atoms with Gasteiger partial charge in [-0.15, -0.1) is 0 Å². The van der Waals surface area contributed by atoms with Gasteiger partial charge in [-0.2, -0.15) is 0 Å². The van der Waals surface area contributed by atoms with Gasteiger partial charge in [-0.05, 0) is 0 Å². The maximum Gasteiger partial charge on any atom is 2.00 e. The van der Waals surface area contributed by atoms with E-state index in [0.29, 0.717) is 0 Å². The van der Waals surface area contributed by atoms with Crippen LogP contribution in [0.5, 0.6) is 0 Å². The minimum Gasteiger partial charge on any atom is -1.00 e. The molecule has 0 amide bonds. The van der Waals surface area contributed by atoms with E-state index in [1.54, 1.807) is 0 Å². The van der Waals surface area contributed by atoms with Crippen molar-refractivity contribution in [3.8, 4) is 0 Å². The Morgan fingerprint density at radius 2 is 1.50 bits per heavy atom.